The van der Waals surface area contributed by atoms with Crippen LogP contribution in [0, 0.1) is 0 Å². The number of hydrogen-bond acceptors (Lipinski definition) is 4. The molecule has 1 aliphatic rings. The third-order valence-electron chi connectivity index (χ3n) is 5.36. The maximum absolute atomic E-state index is 12.7. The molecule has 0 spiro atoms. The van der Waals surface area contributed by atoms with E-state index in [9.17, 15) is 18.0 Å². The second-order valence-electron chi connectivity index (χ2n) is 7.73. The molecule has 3 rings (SSSR count). The molecule has 1 atom stereocenters. The van der Waals surface area contributed by atoms with Crippen LogP contribution in [0.5, 0.6) is 0 Å². The second kappa shape index (κ2) is 10.8. The van der Waals surface area contributed by atoms with Crippen LogP contribution in [-0.2, 0) is 31.6 Å². The SMILES string of the molecule is O=C(CN1C(=O)CC1S(=O)(=O)Cc1ccccc1)NCCCCCc1ccccc1Cl. The number of halogens is 1. The topological polar surface area (TPSA) is 83.6 Å². The molecule has 1 saturated heterocycles. The highest BCUT2D eigenvalue weighted by molar-refractivity contribution is 7.91. The summed E-state index contributed by atoms with van der Waals surface area (Å²) in [6, 6.07) is 16.6. The third-order valence-corrected chi connectivity index (χ3v) is 7.71. The lowest BCUT2D eigenvalue weighted by atomic mass is 10.1. The van der Waals surface area contributed by atoms with Gasteiger partial charge in [0.05, 0.1) is 12.2 Å². The first-order valence-electron chi connectivity index (χ1n) is 10.4. The minimum Gasteiger partial charge on any atom is -0.355 e. The molecule has 2 aromatic rings. The number of sulfone groups is 1. The molecular formula is C23H27ClN2O4S. The van der Waals surface area contributed by atoms with E-state index in [1.807, 2.05) is 30.3 Å². The molecule has 0 aromatic heterocycles. The summed E-state index contributed by atoms with van der Waals surface area (Å²) < 4.78 is 25.3. The first-order valence-corrected chi connectivity index (χ1v) is 12.5. The molecule has 0 aliphatic carbocycles. The molecule has 1 heterocycles. The van der Waals surface area contributed by atoms with Crippen molar-refractivity contribution >= 4 is 33.3 Å². The summed E-state index contributed by atoms with van der Waals surface area (Å²) in [5.74, 6) is -0.786. The smallest absolute Gasteiger partial charge is 0.239 e. The van der Waals surface area contributed by atoms with Crippen molar-refractivity contribution < 1.29 is 18.0 Å². The fourth-order valence-corrected chi connectivity index (χ4v) is 5.65. The lowest BCUT2D eigenvalue weighted by molar-refractivity contribution is -0.145. The Kier molecular flexibility index (Phi) is 8.09. The van der Waals surface area contributed by atoms with Gasteiger partial charge in [-0.1, -0.05) is 66.6 Å². The summed E-state index contributed by atoms with van der Waals surface area (Å²) in [6.45, 7) is 0.266. The molecule has 2 amide bonds. The van der Waals surface area contributed by atoms with Crippen molar-refractivity contribution in [1.29, 1.82) is 0 Å². The second-order valence-corrected chi connectivity index (χ2v) is 10.3. The monoisotopic (exact) mass is 462 g/mol. The molecule has 1 fully saturated rings. The van der Waals surface area contributed by atoms with Crippen molar-refractivity contribution in [3.8, 4) is 0 Å². The van der Waals surface area contributed by atoms with E-state index in [4.69, 9.17) is 11.6 Å². The highest BCUT2D eigenvalue weighted by atomic mass is 35.5. The Hall–Kier alpha value is -2.38. The number of amides is 2. The number of benzene rings is 2. The van der Waals surface area contributed by atoms with E-state index in [0.29, 0.717) is 12.1 Å². The number of hydrogen-bond donors (Lipinski definition) is 1. The number of β-lactam (4-membered cyclic amide) rings is 1. The fraction of sp³-hybridized carbons (Fsp3) is 0.391. The van der Waals surface area contributed by atoms with Crippen LogP contribution < -0.4 is 5.32 Å². The van der Waals surface area contributed by atoms with Gasteiger partial charge in [-0.3, -0.25) is 9.59 Å². The average molecular weight is 463 g/mol. The van der Waals surface area contributed by atoms with Gasteiger partial charge in [0.15, 0.2) is 9.84 Å². The summed E-state index contributed by atoms with van der Waals surface area (Å²) in [7, 11) is -3.55. The van der Waals surface area contributed by atoms with Crippen LogP contribution in [-0.4, -0.2) is 43.6 Å². The molecule has 31 heavy (non-hydrogen) atoms. The Morgan fingerprint density at radius 3 is 2.45 bits per heavy atom. The van der Waals surface area contributed by atoms with Crippen molar-refractivity contribution in [3.05, 3.63) is 70.7 Å². The molecule has 0 radical (unpaired) electrons. The van der Waals surface area contributed by atoms with E-state index in [1.165, 1.54) is 0 Å². The van der Waals surface area contributed by atoms with Gasteiger partial charge in [0.25, 0.3) is 0 Å². The van der Waals surface area contributed by atoms with Crippen LogP contribution in [0.1, 0.15) is 36.8 Å². The highest BCUT2D eigenvalue weighted by Gasteiger charge is 2.45. The zero-order valence-corrected chi connectivity index (χ0v) is 18.9. The van der Waals surface area contributed by atoms with Gasteiger partial charge < -0.3 is 10.2 Å². The van der Waals surface area contributed by atoms with Crippen LogP contribution in [0.2, 0.25) is 5.02 Å². The Bertz CT molecular complexity index is 1010. The van der Waals surface area contributed by atoms with Crippen LogP contribution in [0.25, 0.3) is 0 Å². The normalized spacial score (nSPS) is 16.1. The quantitative estimate of drug-likeness (QED) is 0.410. The van der Waals surface area contributed by atoms with E-state index in [1.54, 1.807) is 24.3 Å². The minimum atomic E-state index is -3.55. The van der Waals surface area contributed by atoms with E-state index in [2.05, 4.69) is 5.32 Å². The third kappa shape index (κ3) is 6.55. The summed E-state index contributed by atoms with van der Waals surface area (Å²) >= 11 is 6.14. The molecule has 1 unspecified atom stereocenters. The summed E-state index contributed by atoms with van der Waals surface area (Å²) in [5.41, 5.74) is 1.79. The molecular weight excluding hydrogens is 436 g/mol. The van der Waals surface area contributed by atoms with Crippen molar-refractivity contribution in [2.75, 3.05) is 13.1 Å². The van der Waals surface area contributed by atoms with E-state index >= 15 is 0 Å². The molecule has 1 N–H and O–H groups in total. The summed E-state index contributed by atoms with van der Waals surface area (Å²) in [5, 5.41) is 2.62. The van der Waals surface area contributed by atoms with E-state index in [0.717, 1.165) is 41.2 Å². The van der Waals surface area contributed by atoms with Gasteiger partial charge in [-0.25, -0.2) is 8.42 Å². The first-order chi connectivity index (χ1) is 14.9. The fourth-order valence-electron chi connectivity index (χ4n) is 3.60. The Morgan fingerprint density at radius 2 is 1.74 bits per heavy atom. The number of nitrogens with zero attached hydrogens (tertiary/aromatic N) is 1. The lowest BCUT2D eigenvalue weighted by Gasteiger charge is -2.39. The Labute approximate surface area is 188 Å². The number of unbranched alkanes of at least 4 members (excludes halogenated alkanes) is 2. The molecule has 0 bridgehead atoms. The predicted molar refractivity (Wildman–Crippen MR) is 121 cm³/mol. The number of rotatable bonds is 11. The number of likely N-dealkylation sites (tertiary alicyclic amines) is 1. The van der Waals surface area contributed by atoms with Crippen LogP contribution >= 0.6 is 11.6 Å². The van der Waals surface area contributed by atoms with Crippen molar-refractivity contribution in [2.24, 2.45) is 0 Å². The van der Waals surface area contributed by atoms with Crippen molar-refractivity contribution in [2.45, 2.75) is 43.2 Å². The van der Waals surface area contributed by atoms with Gasteiger partial charge >= 0.3 is 0 Å². The minimum absolute atomic E-state index is 0.0650. The van der Waals surface area contributed by atoms with Gasteiger partial charge in [-0.15, -0.1) is 0 Å². The standard InChI is InChI=1S/C23H27ClN2O4S/c24-20-13-7-6-12-19(20)11-5-2-8-14-25-21(27)16-26-22(28)15-23(26)31(29,30)17-18-9-3-1-4-10-18/h1,3-4,6-7,9-10,12-13,23H,2,5,8,11,14-17H2,(H,25,27). The highest BCUT2D eigenvalue weighted by Crippen LogP contribution is 2.26. The van der Waals surface area contributed by atoms with Gasteiger partial charge in [0.1, 0.15) is 11.9 Å². The van der Waals surface area contributed by atoms with Crippen molar-refractivity contribution in [3.63, 3.8) is 0 Å². The largest absolute Gasteiger partial charge is 0.355 e. The van der Waals surface area contributed by atoms with Gasteiger partial charge in [0, 0.05) is 11.6 Å². The summed E-state index contributed by atoms with van der Waals surface area (Å²) in [4.78, 5) is 25.3. The zero-order chi connectivity index (χ0) is 22.3. The maximum atomic E-state index is 12.7. The number of carbonyl (C=O) groups excluding carboxylic acids is 2. The van der Waals surface area contributed by atoms with Gasteiger partial charge in [0.2, 0.25) is 11.8 Å². The predicted octanol–water partition coefficient (Wildman–Crippen LogP) is 3.34. The van der Waals surface area contributed by atoms with Crippen LogP contribution in [0.4, 0.5) is 0 Å². The first kappa shape index (κ1) is 23.3. The Morgan fingerprint density at radius 1 is 1.03 bits per heavy atom. The molecule has 0 saturated carbocycles. The molecule has 1 aliphatic heterocycles. The molecule has 6 nitrogen and oxygen atoms in total. The molecule has 8 heteroatoms. The molecule has 166 valence electrons. The van der Waals surface area contributed by atoms with E-state index in [-0.39, 0.29) is 30.5 Å². The van der Waals surface area contributed by atoms with Crippen LogP contribution in [0.3, 0.4) is 0 Å². The lowest BCUT2D eigenvalue weighted by Crippen LogP contribution is -2.59. The van der Waals surface area contributed by atoms with Gasteiger partial charge in [-0.05, 0) is 36.5 Å². The summed E-state index contributed by atoms with van der Waals surface area (Å²) in [6.07, 6.45) is 3.52. The van der Waals surface area contributed by atoms with Crippen LogP contribution in [0.15, 0.2) is 54.6 Å². The average Bonchev–Trinajstić information content (AvgIpc) is 2.74. The maximum Gasteiger partial charge on any atom is 0.239 e. The number of carbonyl (C=O) groups is 2. The van der Waals surface area contributed by atoms with E-state index < -0.39 is 15.2 Å². The number of aryl methyl sites for hydroxylation is 1. The zero-order valence-electron chi connectivity index (χ0n) is 17.3. The molecule has 2 aromatic carbocycles. The van der Waals surface area contributed by atoms with Gasteiger partial charge in [-0.2, -0.15) is 0 Å². The number of nitrogens with one attached hydrogen (secondary N) is 1. The Balaban J connectivity index is 1.38. The van der Waals surface area contributed by atoms with Crippen molar-refractivity contribution in [1.82, 2.24) is 10.2 Å².